The van der Waals surface area contributed by atoms with Crippen molar-refractivity contribution in [2.75, 3.05) is 26.7 Å². The molecule has 6 nitrogen and oxygen atoms in total. The molecule has 0 radical (unpaired) electrons. The predicted octanol–water partition coefficient (Wildman–Crippen LogP) is 0.975. The van der Waals surface area contributed by atoms with E-state index in [-0.39, 0.29) is 12.1 Å². The van der Waals surface area contributed by atoms with Crippen LogP contribution in [0, 0.1) is 5.92 Å². The highest BCUT2D eigenvalue weighted by Crippen LogP contribution is 2.25. The minimum atomic E-state index is -0.790. The summed E-state index contributed by atoms with van der Waals surface area (Å²) < 4.78 is 0. The molecule has 0 bridgehead atoms. The number of piperazine rings is 1. The molecule has 2 aliphatic rings. The summed E-state index contributed by atoms with van der Waals surface area (Å²) in [5, 5.41) is 12.2. The molecule has 0 aromatic rings. The number of aliphatic carboxylic acids is 1. The molecular formula is C14H25N3O3. The third-order valence-electron chi connectivity index (χ3n) is 4.64. The molecule has 2 rings (SSSR count). The summed E-state index contributed by atoms with van der Waals surface area (Å²) in [7, 11) is 2.06. The number of carbonyl (C=O) groups excluding carboxylic acids is 1. The second kappa shape index (κ2) is 6.43. The Hall–Kier alpha value is -1.30. The van der Waals surface area contributed by atoms with Gasteiger partial charge in [-0.25, -0.2) is 4.79 Å². The third kappa shape index (κ3) is 3.42. The van der Waals surface area contributed by atoms with Crippen LogP contribution in [0.15, 0.2) is 0 Å². The molecule has 0 aromatic carbocycles. The first-order valence-electron chi connectivity index (χ1n) is 7.47. The number of carboxylic acid groups (broad SMARTS) is 1. The summed E-state index contributed by atoms with van der Waals surface area (Å²) >= 11 is 0. The Bertz CT molecular complexity index is 375. The lowest BCUT2D eigenvalue weighted by Crippen LogP contribution is -2.57. The normalized spacial score (nSPS) is 31.9. The van der Waals surface area contributed by atoms with Gasteiger partial charge >= 0.3 is 12.0 Å². The minimum absolute atomic E-state index is 0.108. The van der Waals surface area contributed by atoms with E-state index in [1.807, 2.05) is 0 Å². The smallest absolute Gasteiger partial charge is 0.317 e. The fourth-order valence-electron chi connectivity index (χ4n) is 3.08. The number of likely N-dealkylation sites (N-methyl/N-ethyl adjacent to an activating group) is 1. The van der Waals surface area contributed by atoms with Crippen molar-refractivity contribution in [1.29, 1.82) is 0 Å². The first-order valence-corrected chi connectivity index (χ1v) is 7.47. The number of hydrogen-bond donors (Lipinski definition) is 2. The SMILES string of the molecule is CC1CN(C(=O)NC2CCCCC2C(=O)O)CCN1C. The zero-order valence-electron chi connectivity index (χ0n) is 12.3. The van der Waals surface area contributed by atoms with E-state index in [0.29, 0.717) is 25.6 Å². The first kappa shape index (κ1) is 15.1. The quantitative estimate of drug-likeness (QED) is 0.792. The van der Waals surface area contributed by atoms with Crippen LogP contribution in [0.1, 0.15) is 32.6 Å². The second-order valence-corrected chi connectivity index (χ2v) is 6.06. The lowest BCUT2D eigenvalue weighted by atomic mass is 9.84. The van der Waals surface area contributed by atoms with E-state index in [0.717, 1.165) is 25.8 Å². The number of urea groups is 1. The van der Waals surface area contributed by atoms with Gasteiger partial charge in [-0.15, -0.1) is 0 Å². The number of hydrogen-bond acceptors (Lipinski definition) is 3. The molecule has 1 aliphatic carbocycles. The van der Waals surface area contributed by atoms with Gasteiger partial charge in [-0.1, -0.05) is 12.8 Å². The maximum absolute atomic E-state index is 12.3. The second-order valence-electron chi connectivity index (χ2n) is 6.06. The van der Waals surface area contributed by atoms with Gasteiger partial charge in [-0.2, -0.15) is 0 Å². The topological polar surface area (TPSA) is 72.9 Å². The Morgan fingerprint density at radius 2 is 1.90 bits per heavy atom. The van der Waals surface area contributed by atoms with Crippen molar-refractivity contribution in [3.8, 4) is 0 Å². The van der Waals surface area contributed by atoms with Gasteiger partial charge in [0.1, 0.15) is 0 Å². The van der Waals surface area contributed by atoms with Crippen LogP contribution in [0.25, 0.3) is 0 Å². The Morgan fingerprint density at radius 1 is 1.20 bits per heavy atom. The van der Waals surface area contributed by atoms with Crippen molar-refractivity contribution in [3.63, 3.8) is 0 Å². The molecule has 1 saturated heterocycles. The number of carbonyl (C=O) groups is 2. The lowest BCUT2D eigenvalue weighted by Gasteiger charge is -2.39. The number of rotatable bonds is 2. The van der Waals surface area contributed by atoms with Crippen molar-refractivity contribution in [3.05, 3.63) is 0 Å². The first-order chi connectivity index (χ1) is 9.49. The van der Waals surface area contributed by atoms with E-state index < -0.39 is 11.9 Å². The molecule has 1 heterocycles. The summed E-state index contributed by atoms with van der Waals surface area (Å²) in [4.78, 5) is 27.6. The van der Waals surface area contributed by atoms with Crippen molar-refractivity contribution < 1.29 is 14.7 Å². The van der Waals surface area contributed by atoms with Crippen molar-refractivity contribution in [1.82, 2.24) is 15.1 Å². The van der Waals surface area contributed by atoms with Crippen LogP contribution in [-0.4, -0.2) is 65.7 Å². The predicted molar refractivity (Wildman–Crippen MR) is 75.6 cm³/mol. The number of nitrogens with one attached hydrogen (secondary N) is 1. The fraction of sp³-hybridized carbons (Fsp3) is 0.857. The fourth-order valence-corrected chi connectivity index (χ4v) is 3.08. The Morgan fingerprint density at radius 3 is 2.55 bits per heavy atom. The van der Waals surface area contributed by atoms with E-state index in [9.17, 15) is 14.7 Å². The average molecular weight is 283 g/mol. The van der Waals surface area contributed by atoms with Crippen LogP contribution in [0.5, 0.6) is 0 Å². The van der Waals surface area contributed by atoms with Gasteiger partial charge in [0.15, 0.2) is 0 Å². The monoisotopic (exact) mass is 283 g/mol. The molecule has 2 fully saturated rings. The van der Waals surface area contributed by atoms with Gasteiger partial charge in [-0.05, 0) is 26.8 Å². The van der Waals surface area contributed by atoms with E-state index in [2.05, 4.69) is 24.2 Å². The maximum Gasteiger partial charge on any atom is 0.317 e. The van der Waals surface area contributed by atoms with Gasteiger partial charge in [0.05, 0.1) is 5.92 Å². The number of nitrogens with zero attached hydrogens (tertiary/aromatic N) is 2. The molecule has 6 heteroatoms. The molecule has 114 valence electrons. The zero-order valence-corrected chi connectivity index (χ0v) is 12.3. The molecule has 1 aliphatic heterocycles. The number of amides is 2. The van der Waals surface area contributed by atoms with Crippen LogP contribution >= 0.6 is 0 Å². The van der Waals surface area contributed by atoms with Crippen molar-refractivity contribution >= 4 is 12.0 Å². The van der Waals surface area contributed by atoms with Gasteiger partial charge in [0.25, 0.3) is 0 Å². The summed E-state index contributed by atoms with van der Waals surface area (Å²) in [6, 6.07) is 0.0166. The molecule has 2 amide bonds. The maximum atomic E-state index is 12.3. The van der Waals surface area contributed by atoms with Crippen molar-refractivity contribution in [2.45, 2.75) is 44.7 Å². The zero-order chi connectivity index (χ0) is 14.7. The highest BCUT2D eigenvalue weighted by atomic mass is 16.4. The molecular weight excluding hydrogens is 258 g/mol. The molecule has 20 heavy (non-hydrogen) atoms. The third-order valence-corrected chi connectivity index (χ3v) is 4.64. The van der Waals surface area contributed by atoms with Gasteiger partial charge < -0.3 is 20.2 Å². The molecule has 1 saturated carbocycles. The summed E-state index contributed by atoms with van der Waals surface area (Å²) in [5.41, 5.74) is 0. The Kier molecular flexibility index (Phi) is 4.86. The summed E-state index contributed by atoms with van der Waals surface area (Å²) in [5.74, 6) is -1.22. The number of carboxylic acids is 1. The van der Waals surface area contributed by atoms with Crippen LogP contribution in [-0.2, 0) is 4.79 Å². The molecule has 2 N–H and O–H groups in total. The average Bonchev–Trinajstić information content (AvgIpc) is 2.42. The lowest BCUT2D eigenvalue weighted by molar-refractivity contribution is -0.143. The van der Waals surface area contributed by atoms with Crippen LogP contribution < -0.4 is 5.32 Å². The molecule has 0 aromatic heterocycles. The van der Waals surface area contributed by atoms with Gasteiger partial charge in [0.2, 0.25) is 0 Å². The van der Waals surface area contributed by atoms with Crippen LogP contribution in [0.4, 0.5) is 4.79 Å². The van der Waals surface area contributed by atoms with E-state index >= 15 is 0 Å². The largest absolute Gasteiger partial charge is 0.481 e. The Labute approximate surface area is 120 Å². The van der Waals surface area contributed by atoms with Crippen LogP contribution in [0.3, 0.4) is 0 Å². The minimum Gasteiger partial charge on any atom is -0.481 e. The van der Waals surface area contributed by atoms with E-state index in [1.165, 1.54) is 0 Å². The molecule has 3 unspecified atom stereocenters. The highest BCUT2D eigenvalue weighted by Gasteiger charge is 2.33. The van der Waals surface area contributed by atoms with E-state index in [1.54, 1.807) is 4.90 Å². The van der Waals surface area contributed by atoms with E-state index in [4.69, 9.17) is 0 Å². The standard InChI is InChI=1S/C14H25N3O3/c1-10-9-17(8-7-16(10)2)14(20)15-12-6-4-3-5-11(12)13(18)19/h10-12H,3-9H2,1-2H3,(H,15,20)(H,18,19). The van der Waals surface area contributed by atoms with Gasteiger partial charge in [0, 0.05) is 31.7 Å². The van der Waals surface area contributed by atoms with Gasteiger partial charge in [-0.3, -0.25) is 4.79 Å². The van der Waals surface area contributed by atoms with Crippen LogP contribution in [0.2, 0.25) is 0 Å². The summed E-state index contributed by atoms with van der Waals surface area (Å²) in [6.07, 6.45) is 3.37. The summed E-state index contributed by atoms with van der Waals surface area (Å²) in [6.45, 7) is 4.37. The molecule has 3 atom stereocenters. The Balaban J connectivity index is 1.91. The highest BCUT2D eigenvalue weighted by molar-refractivity contribution is 5.77. The molecule has 0 spiro atoms. The van der Waals surface area contributed by atoms with Crippen molar-refractivity contribution in [2.24, 2.45) is 5.92 Å².